The molecule has 8 nitrogen and oxygen atoms in total. The highest BCUT2D eigenvalue weighted by Crippen LogP contribution is 2.29. The lowest BCUT2D eigenvalue weighted by molar-refractivity contribution is -0.192. The number of nitrogens with one attached hydrogen (secondary N) is 2. The zero-order valence-corrected chi connectivity index (χ0v) is 19.6. The summed E-state index contributed by atoms with van der Waals surface area (Å²) in [5.41, 5.74) is 4.18. The van der Waals surface area contributed by atoms with Crippen molar-refractivity contribution in [2.75, 3.05) is 41.8 Å². The normalized spacial score (nSPS) is 13.6. The van der Waals surface area contributed by atoms with Crippen LogP contribution in [0.25, 0.3) is 10.2 Å². The number of hydrogen-bond acceptors (Lipinski definition) is 8. The first-order valence-corrected chi connectivity index (χ1v) is 11.7. The van der Waals surface area contributed by atoms with E-state index in [4.69, 9.17) is 14.6 Å². The van der Waals surface area contributed by atoms with Gasteiger partial charge in [0.1, 0.15) is 5.82 Å². The molecule has 1 saturated heterocycles. The molecule has 1 aliphatic heterocycles. The topological polar surface area (TPSA) is 99.6 Å². The average molecular weight is 518 g/mol. The Kier molecular flexibility index (Phi) is 7.86. The number of hydrogen-bond donors (Lipinski definition) is 3. The third kappa shape index (κ3) is 6.83. The predicted octanol–water partition coefficient (Wildman–Crippen LogP) is 5.65. The van der Waals surface area contributed by atoms with Crippen molar-refractivity contribution in [3.05, 3.63) is 66.9 Å². The van der Waals surface area contributed by atoms with Crippen LogP contribution in [0.3, 0.4) is 0 Å². The van der Waals surface area contributed by atoms with Crippen molar-refractivity contribution in [1.82, 2.24) is 9.97 Å². The summed E-state index contributed by atoms with van der Waals surface area (Å²) >= 11 is 1.64. The molecule has 36 heavy (non-hydrogen) atoms. The van der Waals surface area contributed by atoms with Gasteiger partial charge in [0.2, 0.25) is 0 Å². The summed E-state index contributed by atoms with van der Waals surface area (Å²) in [5, 5.41) is 14.8. The van der Waals surface area contributed by atoms with Crippen molar-refractivity contribution in [3.8, 4) is 0 Å². The molecule has 1 fully saturated rings. The van der Waals surface area contributed by atoms with Crippen molar-refractivity contribution < 1.29 is 27.8 Å². The molecule has 2 aromatic heterocycles. The Morgan fingerprint density at radius 2 is 1.69 bits per heavy atom. The van der Waals surface area contributed by atoms with E-state index in [0.29, 0.717) is 0 Å². The Morgan fingerprint density at radius 1 is 1.00 bits per heavy atom. The number of aromatic nitrogens is 2. The van der Waals surface area contributed by atoms with E-state index in [-0.39, 0.29) is 0 Å². The van der Waals surface area contributed by atoms with E-state index in [0.717, 1.165) is 54.1 Å². The summed E-state index contributed by atoms with van der Waals surface area (Å²) in [5.74, 6) is -1.97. The molecule has 2 aromatic carbocycles. The number of thiazole rings is 1. The summed E-state index contributed by atoms with van der Waals surface area (Å²) in [6.07, 6.45) is -3.29. The number of anilines is 5. The molecule has 0 aliphatic carbocycles. The second-order valence-electron chi connectivity index (χ2n) is 7.62. The SMILES string of the molecule is O=C(O)C(F)(F)F.c1ccc2sc(Nc3ccnc(Nc4ccc(N5CCOCC5)cc4)c3)nc2c1. The zero-order chi connectivity index (χ0) is 25.5. The number of alkyl halides is 3. The van der Waals surface area contributed by atoms with Gasteiger partial charge in [0.05, 0.1) is 23.4 Å². The van der Waals surface area contributed by atoms with E-state index in [1.165, 1.54) is 10.4 Å². The predicted molar refractivity (Wildman–Crippen MR) is 134 cm³/mol. The van der Waals surface area contributed by atoms with Gasteiger partial charge < -0.3 is 25.4 Å². The van der Waals surface area contributed by atoms with Crippen LogP contribution >= 0.6 is 11.3 Å². The maximum absolute atomic E-state index is 10.6. The van der Waals surface area contributed by atoms with E-state index in [2.05, 4.69) is 55.8 Å². The van der Waals surface area contributed by atoms with Gasteiger partial charge in [0, 0.05) is 42.4 Å². The van der Waals surface area contributed by atoms with E-state index in [9.17, 15) is 13.2 Å². The van der Waals surface area contributed by atoms with E-state index in [1.54, 1.807) is 17.5 Å². The second-order valence-corrected chi connectivity index (χ2v) is 8.65. The van der Waals surface area contributed by atoms with Crippen molar-refractivity contribution in [1.29, 1.82) is 0 Å². The fraction of sp³-hybridized carbons (Fsp3) is 0.208. The molecule has 1 aliphatic rings. The van der Waals surface area contributed by atoms with Crippen LogP contribution in [0.5, 0.6) is 0 Å². The fourth-order valence-corrected chi connectivity index (χ4v) is 4.24. The van der Waals surface area contributed by atoms with Gasteiger partial charge in [-0.1, -0.05) is 23.5 Å². The third-order valence-electron chi connectivity index (χ3n) is 5.06. The smallest absolute Gasteiger partial charge is 0.475 e. The lowest BCUT2D eigenvalue weighted by Gasteiger charge is -2.28. The number of carboxylic acids is 1. The fourth-order valence-electron chi connectivity index (χ4n) is 3.35. The Bertz CT molecular complexity index is 1280. The number of pyridine rings is 1. The first kappa shape index (κ1) is 25.2. The highest BCUT2D eigenvalue weighted by Gasteiger charge is 2.38. The molecule has 0 amide bonds. The van der Waals surface area contributed by atoms with Crippen LogP contribution in [-0.4, -0.2) is 53.5 Å². The molecule has 0 spiro atoms. The number of carboxylic acid groups (broad SMARTS) is 1. The number of benzene rings is 2. The number of rotatable bonds is 5. The summed E-state index contributed by atoms with van der Waals surface area (Å²) < 4.78 is 38.3. The Labute approximate surface area is 208 Å². The number of para-hydroxylation sites is 1. The molecule has 0 bridgehead atoms. The molecule has 5 rings (SSSR count). The number of morpholine rings is 1. The third-order valence-corrected chi connectivity index (χ3v) is 6.02. The molecule has 4 aromatic rings. The van der Waals surface area contributed by atoms with Crippen molar-refractivity contribution in [2.24, 2.45) is 0 Å². The number of ether oxygens (including phenoxy) is 1. The number of halogens is 3. The standard InChI is InChI=1S/C22H21N5OS.C2HF3O2/c1-2-4-20-19(3-1)26-22(29-20)25-17-9-10-23-21(15-17)24-16-5-7-18(8-6-16)27-11-13-28-14-12-27;3-2(4,5)1(6)7/h1-10,15H,11-14H2,(H2,23,24,25,26);(H,6,7). The van der Waals surface area contributed by atoms with Crippen LogP contribution in [-0.2, 0) is 9.53 Å². The van der Waals surface area contributed by atoms with E-state index in [1.807, 2.05) is 30.3 Å². The largest absolute Gasteiger partial charge is 0.490 e. The second kappa shape index (κ2) is 11.2. The number of aliphatic carboxylic acids is 1. The summed E-state index contributed by atoms with van der Waals surface area (Å²) in [7, 11) is 0. The lowest BCUT2D eigenvalue weighted by atomic mass is 10.2. The van der Waals surface area contributed by atoms with Crippen LogP contribution in [0.1, 0.15) is 0 Å². The Morgan fingerprint density at radius 3 is 2.36 bits per heavy atom. The zero-order valence-electron chi connectivity index (χ0n) is 18.8. The first-order chi connectivity index (χ1) is 17.3. The molecule has 12 heteroatoms. The minimum absolute atomic E-state index is 0.787. The summed E-state index contributed by atoms with van der Waals surface area (Å²) in [6.45, 7) is 3.46. The Balaban J connectivity index is 0.000000384. The van der Waals surface area contributed by atoms with Gasteiger partial charge in [-0.2, -0.15) is 13.2 Å². The molecule has 3 N–H and O–H groups in total. The van der Waals surface area contributed by atoms with Gasteiger partial charge in [-0.15, -0.1) is 0 Å². The number of carbonyl (C=O) groups is 1. The van der Waals surface area contributed by atoms with Crippen molar-refractivity contribution in [3.63, 3.8) is 0 Å². The lowest BCUT2D eigenvalue weighted by Crippen LogP contribution is -2.36. The van der Waals surface area contributed by atoms with Crippen molar-refractivity contribution >= 4 is 55.5 Å². The first-order valence-electron chi connectivity index (χ1n) is 10.9. The van der Waals surface area contributed by atoms with E-state index >= 15 is 0 Å². The van der Waals surface area contributed by atoms with Gasteiger partial charge in [0.25, 0.3) is 0 Å². The molecule has 0 unspecified atom stereocenters. The van der Waals surface area contributed by atoms with E-state index < -0.39 is 12.1 Å². The van der Waals surface area contributed by atoms with Gasteiger partial charge in [-0.3, -0.25) is 0 Å². The van der Waals surface area contributed by atoms with Crippen LogP contribution in [0, 0.1) is 0 Å². The molecule has 3 heterocycles. The van der Waals surface area contributed by atoms with Crippen LogP contribution < -0.4 is 15.5 Å². The molecular formula is C24H22F3N5O3S. The molecule has 188 valence electrons. The van der Waals surface area contributed by atoms with Gasteiger partial charge >= 0.3 is 12.1 Å². The quantitative estimate of drug-likeness (QED) is 0.312. The summed E-state index contributed by atoms with van der Waals surface area (Å²) in [6, 6.07) is 20.5. The van der Waals surface area contributed by atoms with Crippen LogP contribution in [0.2, 0.25) is 0 Å². The molecule has 0 radical (unpaired) electrons. The minimum atomic E-state index is -5.08. The minimum Gasteiger partial charge on any atom is -0.475 e. The number of nitrogens with zero attached hydrogens (tertiary/aromatic N) is 3. The molecular weight excluding hydrogens is 495 g/mol. The Hall–Kier alpha value is -3.90. The van der Waals surface area contributed by atoms with Crippen LogP contribution in [0.15, 0.2) is 66.9 Å². The summed E-state index contributed by atoms with van der Waals surface area (Å²) in [4.78, 5) is 20.3. The van der Waals surface area contributed by atoms with Gasteiger partial charge in [-0.05, 0) is 42.5 Å². The maximum Gasteiger partial charge on any atom is 0.490 e. The van der Waals surface area contributed by atoms with Crippen LogP contribution in [0.4, 0.5) is 41.2 Å². The number of fused-ring (bicyclic) bond motifs is 1. The highest BCUT2D eigenvalue weighted by molar-refractivity contribution is 7.22. The van der Waals surface area contributed by atoms with Crippen molar-refractivity contribution in [2.45, 2.75) is 6.18 Å². The van der Waals surface area contributed by atoms with Gasteiger partial charge in [0.15, 0.2) is 5.13 Å². The average Bonchev–Trinajstić information content (AvgIpc) is 3.27. The monoisotopic (exact) mass is 517 g/mol. The highest BCUT2D eigenvalue weighted by atomic mass is 32.1. The molecule has 0 atom stereocenters. The molecule has 0 saturated carbocycles. The maximum atomic E-state index is 10.6. The van der Waals surface area contributed by atoms with Gasteiger partial charge in [-0.25, -0.2) is 14.8 Å².